The Bertz CT molecular complexity index is 373. The summed E-state index contributed by atoms with van der Waals surface area (Å²) in [5, 5.41) is 0. The van der Waals surface area contributed by atoms with Crippen molar-refractivity contribution >= 4 is 5.78 Å². The van der Waals surface area contributed by atoms with E-state index in [0.717, 1.165) is 18.5 Å². The molecule has 1 aromatic rings. The highest BCUT2D eigenvalue weighted by atomic mass is 16.5. The van der Waals surface area contributed by atoms with Gasteiger partial charge in [0.25, 0.3) is 0 Å². The Morgan fingerprint density at radius 2 is 1.94 bits per heavy atom. The maximum Gasteiger partial charge on any atom is 0.179 e. The number of Topliss-reactive ketones (excluding diaryl/α,β-unsaturated/α-hetero) is 1. The second-order valence-electron chi connectivity index (χ2n) is 4.56. The summed E-state index contributed by atoms with van der Waals surface area (Å²) in [4.78, 5) is 14.3. The lowest BCUT2D eigenvalue weighted by atomic mass is 10.0. The summed E-state index contributed by atoms with van der Waals surface area (Å²) in [6.45, 7) is 5.45. The molecule has 0 radical (unpaired) electrons. The molecular weight excluding hydrogens is 226 g/mol. The molecule has 0 aliphatic rings. The molecule has 3 nitrogen and oxygen atoms in total. The predicted molar refractivity (Wildman–Crippen MR) is 74.1 cm³/mol. The topological polar surface area (TPSA) is 29.5 Å². The Morgan fingerprint density at radius 1 is 1.33 bits per heavy atom. The van der Waals surface area contributed by atoms with Gasteiger partial charge in [0.2, 0.25) is 0 Å². The van der Waals surface area contributed by atoms with Crippen LogP contribution in [0.5, 0.6) is 0 Å². The molecule has 0 aliphatic carbocycles. The van der Waals surface area contributed by atoms with E-state index in [1.54, 1.807) is 7.11 Å². The summed E-state index contributed by atoms with van der Waals surface area (Å²) in [5.74, 6) is 0.163. The average Bonchev–Trinajstić information content (AvgIpc) is 2.43. The molecule has 0 saturated carbocycles. The molecule has 0 fully saturated rings. The molecule has 0 aliphatic heterocycles. The number of likely N-dealkylation sites (N-methyl/N-ethyl adjacent to an activating group) is 1. The van der Waals surface area contributed by atoms with Gasteiger partial charge in [-0.2, -0.15) is 0 Å². The fourth-order valence-corrected chi connectivity index (χ4v) is 1.78. The number of hydrogen-bond acceptors (Lipinski definition) is 3. The molecule has 0 heterocycles. The van der Waals surface area contributed by atoms with Crippen molar-refractivity contribution in [2.75, 3.05) is 27.3 Å². The van der Waals surface area contributed by atoms with E-state index < -0.39 is 0 Å². The van der Waals surface area contributed by atoms with E-state index in [-0.39, 0.29) is 11.8 Å². The second-order valence-corrected chi connectivity index (χ2v) is 4.56. The number of nitrogens with zero attached hydrogens (tertiary/aromatic N) is 1. The zero-order chi connectivity index (χ0) is 13.5. The average molecular weight is 249 g/mol. The van der Waals surface area contributed by atoms with Gasteiger partial charge in [0, 0.05) is 19.2 Å². The van der Waals surface area contributed by atoms with Crippen molar-refractivity contribution in [3.05, 3.63) is 35.4 Å². The van der Waals surface area contributed by atoms with Crippen LogP contribution in [0.2, 0.25) is 0 Å². The van der Waals surface area contributed by atoms with Crippen LogP contribution in [-0.2, 0) is 11.2 Å². The van der Waals surface area contributed by atoms with Crippen LogP contribution in [0.25, 0.3) is 0 Å². The van der Waals surface area contributed by atoms with Crippen molar-refractivity contribution in [1.29, 1.82) is 0 Å². The van der Waals surface area contributed by atoms with Crippen molar-refractivity contribution in [3.8, 4) is 0 Å². The number of hydrogen-bond donors (Lipinski definition) is 0. The third-order valence-corrected chi connectivity index (χ3v) is 3.34. The van der Waals surface area contributed by atoms with E-state index in [2.05, 4.69) is 6.92 Å². The standard InChI is InChI=1S/C15H23NO2/c1-5-13-6-8-14(9-7-13)15(17)12(2)16(3)10-11-18-4/h6-9,12H,5,10-11H2,1-4H3. The van der Waals surface area contributed by atoms with Crippen LogP contribution in [-0.4, -0.2) is 44.0 Å². The van der Waals surface area contributed by atoms with Gasteiger partial charge in [-0.1, -0.05) is 31.2 Å². The van der Waals surface area contributed by atoms with Crippen LogP contribution < -0.4 is 0 Å². The van der Waals surface area contributed by atoms with E-state index in [1.807, 2.05) is 43.1 Å². The Kier molecular flexibility index (Phi) is 6.02. The van der Waals surface area contributed by atoms with Gasteiger partial charge in [-0.25, -0.2) is 0 Å². The van der Waals surface area contributed by atoms with Crippen LogP contribution >= 0.6 is 0 Å². The number of carbonyl (C=O) groups is 1. The van der Waals surface area contributed by atoms with Gasteiger partial charge in [0.05, 0.1) is 12.6 Å². The lowest BCUT2D eigenvalue weighted by Gasteiger charge is -2.23. The molecule has 0 saturated heterocycles. The minimum atomic E-state index is -0.118. The molecule has 0 amide bonds. The first kappa shape index (κ1) is 14.9. The van der Waals surface area contributed by atoms with Crippen LogP contribution in [0.4, 0.5) is 0 Å². The highest BCUT2D eigenvalue weighted by Gasteiger charge is 2.19. The molecule has 0 aromatic heterocycles. The maximum atomic E-state index is 12.3. The molecule has 1 rings (SSSR count). The monoisotopic (exact) mass is 249 g/mol. The second kappa shape index (κ2) is 7.29. The summed E-state index contributed by atoms with van der Waals surface area (Å²) in [7, 11) is 3.62. The van der Waals surface area contributed by atoms with Gasteiger partial charge < -0.3 is 4.74 Å². The van der Waals surface area contributed by atoms with E-state index in [4.69, 9.17) is 4.74 Å². The van der Waals surface area contributed by atoms with Gasteiger partial charge in [0.15, 0.2) is 5.78 Å². The SMILES string of the molecule is CCc1ccc(C(=O)C(C)N(C)CCOC)cc1. The number of carbonyl (C=O) groups excluding carboxylic acids is 1. The number of rotatable bonds is 7. The highest BCUT2D eigenvalue weighted by molar-refractivity contribution is 5.99. The van der Waals surface area contributed by atoms with E-state index in [1.165, 1.54) is 5.56 Å². The third kappa shape index (κ3) is 3.93. The summed E-state index contributed by atoms with van der Waals surface area (Å²) >= 11 is 0. The molecule has 1 aromatic carbocycles. The lowest BCUT2D eigenvalue weighted by Crippen LogP contribution is -2.38. The van der Waals surface area contributed by atoms with E-state index in [9.17, 15) is 4.79 Å². The van der Waals surface area contributed by atoms with Crippen LogP contribution in [0, 0.1) is 0 Å². The summed E-state index contributed by atoms with van der Waals surface area (Å²) in [6, 6.07) is 7.76. The van der Waals surface area contributed by atoms with Gasteiger partial charge in [-0.15, -0.1) is 0 Å². The van der Waals surface area contributed by atoms with E-state index in [0.29, 0.717) is 6.61 Å². The van der Waals surface area contributed by atoms with Crippen molar-refractivity contribution in [2.24, 2.45) is 0 Å². The summed E-state index contributed by atoms with van der Waals surface area (Å²) in [5.41, 5.74) is 2.04. The van der Waals surface area contributed by atoms with Crippen molar-refractivity contribution in [1.82, 2.24) is 4.90 Å². The van der Waals surface area contributed by atoms with Crippen LogP contribution in [0.3, 0.4) is 0 Å². The van der Waals surface area contributed by atoms with Crippen molar-refractivity contribution in [3.63, 3.8) is 0 Å². The van der Waals surface area contributed by atoms with Crippen LogP contribution in [0.1, 0.15) is 29.8 Å². The van der Waals surface area contributed by atoms with Crippen molar-refractivity contribution < 1.29 is 9.53 Å². The first-order valence-electron chi connectivity index (χ1n) is 6.42. The summed E-state index contributed by atoms with van der Waals surface area (Å²) in [6.07, 6.45) is 0.998. The highest BCUT2D eigenvalue weighted by Crippen LogP contribution is 2.10. The zero-order valence-electron chi connectivity index (χ0n) is 11.8. The minimum Gasteiger partial charge on any atom is -0.383 e. The third-order valence-electron chi connectivity index (χ3n) is 3.34. The molecule has 3 heteroatoms. The first-order chi connectivity index (χ1) is 8.60. The largest absolute Gasteiger partial charge is 0.383 e. The zero-order valence-corrected chi connectivity index (χ0v) is 11.8. The Morgan fingerprint density at radius 3 is 2.44 bits per heavy atom. The molecule has 18 heavy (non-hydrogen) atoms. The van der Waals surface area contributed by atoms with Gasteiger partial charge in [-0.3, -0.25) is 9.69 Å². The Hall–Kier alpha value is -1.19. The fourth-order valence-electron chi connectivity index (χ4n) is 1.78. The van der Waals surface area contributed by atoms with Gasteiger partial charge in [0.1, 0.15) is 0 Å². The van der Waals surface area contributed by atoms with Gasteiger partial charge in [-0.05, 0) is 26.0 Å². The quantitative estimate of drug-likeness (QED) is 0.695. The molecule has 0 bridgehead atoms. The van der Waals surface area contributed by atoms with Gasteiger partial charge >= 0.3 is 0 Å². The molecule has 100 valence electrons. The number of ether oxygens (including phenoxy) is 1. The molecule has 0 spiro atoms. The normalized spacial score (nSPS) is 12.7. The van der Waals surface area contributed by atoms with E-state index >= 15 is 0 Å². The smallest absolute Gasteiger partial charge is 0.179 e. The van der Waals surface area contributed by atoms with Crippen molar-refractivity contribution in [2.45, 2.75) is 26.3 Å². The Balaban J connectivity index is 2.67. The number of aryl methyl sites for hydroxylation is 1. The lowest BCUT2D eigenvalue weighted by molar-refractivity contribution is 0.0826. The fraction of sp³-hybridized carbons (Fsp3) is 0.533. The molecule has 1 atom stereocenters. The predicted octanol–water partition coefficient (Wildman–Crippen LogP) is 2.40. The summed E-state index contributed by atoms with van der Waals surface area (Å²) < 4.78 is 5.03. The van der Waals surface area contributed by atoms with Crippen LogP contribution in [0.15, 0.2) is 24.3 Å². The molecule has 0 N–H and O–H groups in total. The molecule has 1 unspecified atom stereocenters. The first-order valence-corrected chi connectivity index (χ1v) is 6.42. The number of benzene rings is 1. The molecular formula is C15H23NO2. The number of methoxy groups -OCH3 is 1. The maximum absolute atomic E-state index is 12.3. The minimum absolute atomic E-state index is 0.118. The Labute approximate surface area is 110 Å². The number of ketones is 1.